The number of piperidine rings is 1. The number of carbonyl (C=O) groups excluding carboxylic acids is 1. The van der Waals surface area contributed by atoms with Crippen molar-refractivity contribution in [3.8, 4) is 11.4 Å². The van der Waals surface area contributed by atoms with Crippen LogP contribution in [0.3, 0.4) is 0 Å². The lowest BCUT2D eigenvalue weighted by Gasteiger charge is -2.35. The Kier molecular flexibility index (Phi) is 6.74. The van der Waals surface area contributed by atoms with E-state index in [-0.39, 0.29) is 5.91 Å². The number of carbonyl (C=O) groups is 1. The normalized spacial score (nSPS) is 18.4. The molecule has 0 atom stereocenters. The highest BCUT2D eigenvalue weighted by Crippen LogP contribution is 2.33. The molecule has 2 aromatic heterocycles. The highest BCUT2D eigenvalue weighted by atomic mass is 79.9. The molecule has 0 saturated carbocycles. The third kappa shape index (κ3) is 4.90. The van der Waals surface area contributed by atoms with Gasteiger partial charge in [-0.15, -0.1) is 0 Å². The van der Waals surface area contributed by atoms with Gasteiger partial charge in [0.15, 0.2) is 5.65 Å². The molecule has 4 heterocycles. The Morgan fingerprint density at radius 3 is 2.62 bits per heavy atom. The second-order valence-electron chi connectivity index (χ2n) is 9.45. The SMILES string of the molecule is CC(C)N1CCC(Nc2c(Br)cnc3[nH]c(-c4ccc(N5CCNC(=O)CC5)cc4)nc23)CC1. The molecule has 2 fully saturated rings. The number of aromatic amines is 1. The maximum absolute atomic E-state index is 11.6. The summed E-state index contributed by atoms with van der Waals surface area (Å²) in [4.78, 5) is 29.3. The molecule has 0 spiro atoms. The summed E-state index contributed by atoms with van der Waals surface area (Å²) < 4.78 is 0.934. The zero-order chi connectivity index (χ0) is 23.7. The summed E-state index contributed by atoms with van der Waals surface area (Å²) in [5.74, 6) is 0.924. The number of anilines is 2. The number of imidazole rings is 1. The first kappa shape index (κ1) is 23.1. The molecule has 3 N–H and O–H groups in total. The highest BCUT2D eigenvalue weighted by Gasteiger charge is 2.23. The molecule has 2 aliphatic rings. The van der Waals surface area contributed by atoms with Crippen LogP contribution in [0.15, 0.2) is 34.9 Å². The van der Waals surface area contributed by atoms with Crippen LogP contribution in [0, 0.1) is 0 Å². The third-order valence-electron chi connectivity index (χ3n) is 6.89. The largest absolute Gasteiger partial charge is 0.379 e. The van der Waals surface area contributed by atoms with Crippen LogP contribution in [0.2, 0.25) is 0 Å². The molecule has 0 radical (unpaired) electrons. The second kappa shape index (κ2) is 9.92. The number of pyridine rings is 1. The fourth-order valence-electron chi connectivity index (χ4n) is 4.82. The van der Waals surface area contributed by atoms with Crippen molar-refractivity contribution in [1.29, 1.82) is 0 Å². The number of nitrogens with one attached hydrogen (secondary N) is 3. The van der Waals surface area contributed by atoms with Gasteiger partial charge in [0.25, 0.3) is 0 Å². The van der Waals surface area contributed by atoms with Gasteiger partial charge >= 0.3 is 0 Å². The van der Waals surface area contributed by atoms with E-state index in [1.165, 1.54) is 0 Å². The molecular formula is C25H32BrN7O. The number of rotatable bonds is 5. The standard InChI is InChI=1S/C25H32BrN7O/c1-16(2)32-11-7-18(8-12-32)29-22-20(26)15-28-25-23(22)30-24(31-25)17-3-5-19(6-4-17)33-13-9-21(34)27-10-14-33/h3-6,15-16,18H,7-14H2,1-2H3,(H,27,34)(H2,28,29,30,31). The van der Waals surface area contributed by atoms with Gasteiger partial charge in [-0.1, -0.05) is 0 Å². The number of hydrogen-bond acceptors (Lipinski definition) is 6. The van der Waals surface area contributed by atoms with Crippen LogP contribution >= 0.6 is 15.9 Å². The van der Waals surface area contributed by atoms with Crippen LogP contribution in [-0.2, 0) is 4.79 Å². The Morgan fingerprint density at radius 2 is 1.88 bits per heavy atom. The van der Waals surface area contributed by atoms with E-state index in [4.69, 9.17) is 4.98 Å². The molecule has 3 aromatic rings. The van der Waals surface area contributed by atoms with E-state index in [1.807, 2.05) is 6.20 Å². The lowest BCUT2D eigenvalue weighted by molar-refractivity contribution is -0.120. The molecule has 2 saturated heterocycles. The van der Waals surface area contributed by atoms with E-state index in [1.54, 1.807) is 0 Å². The molecule has 5 rings (SSSR count). The summed E-state index contributed by atoms with van der Waals surface area (Å²) in [5.41, 5.74) is 4.78. The number of nitrogens with zero attached hydrogens (tertiary/aromatic N) is 4. The van der Waals surface area contributed by atoms with Crippen LogP contribution < -0.4 is 15.5 Å². The van der Waals surface area contributed by atoms with E-state index in [9.17, 15) is 4.79 Å². The molecular weight excluding hydrogens is 494 g/mol. The summed E-state index contributed by atoms with van der Waals surface area (Å²) in [7, 11) is 0. The average molecular weight is 526 g/mol. The van der Waals surface area contributed by atoms with Crippen molar-refractivity contribution in [2.75, 3.05) is 42.9 Å². The molecule has 2 aliphatic heterocycles. The number of likely N-dealkylation sites (tertiary alicyclic amines) is 1. The molecule has 34 heavy (non-hydrogen) atoms. The predicted molar refractivity (Wildman–Crippen MR) is 140 cm³/mol. The minimum absolute atomic E-state index is 0.120. The van der Waals surface area contributed by atoms with Crippen molar-refractivity contribution in [1.82, 2.24) is 25.2 Å². The Bertz CT molecular complexity index is 1150. The second-order valence-corrected chi connectivity index (χ2v) is 10.3. The van der Waals surface area contributed by atoms with Crippen molar-refractivity contribution in [3.05, 3.63) is 34.9 Å². The maximum Gasteiger partial charge on any atom is 0.221 e. The van der Waals surface area contributed by atoms with Crippen LogP contribution in [-0.4, -0.2) is 70.6 Å². The molecule has 1 amide bonds. The lowest BCUT2D eigenvalue weighted by Crippen LogP contribution is -2.42. The zero-order valence-corrected chi connectivity index (χ0v) is 21.4. The fraction of sp³-hybridized carbons (Fsp3) is 0.480. The van der Waals surface area contributed by atoms with E-state index in [0.29, 0.717) is 25.0 Å². The number of hydrogen-bond donors (Lipinski definition) is 3. The number of aromatic nitrogens is 3. The summed E-state index contributed by atoms with van der Waals surface area (Å²) >= 11 is 3.69. The Labute approximate surface area is 208 Å². The summed E-state index contributed by atoms with van der Waals surface area (Å²) in [6, 6.07) is 9.38. The van der Waals surface area contributed by atoms with Crippen molar-refractivity contribution in [2.24, 2.45) is 0 Å². The zero-order valence-electron chi connectivity index (χ0n) is 19.8. The monoisotopic (exact) mass is 525 g/mol. The summed E-state index contributed by atoms with van der Waals surface area (Å²) in [6.45, 7) is 8.98. The van der Waals surface area contributed by atoms with Crippen LogP contribution in [0.5, 0.6) is 0 Å². The van der Waals surface area contributed by atoms with Gasteiger partial charge in [0.2, 0.25) is 5.91 Å². The third-order valence-corrected chi connectivity index (χ3v) is 7.50. The molecule has 0 aliphatic carbocycles. The average Bonchev–Trinajstić information content (AvgIpc) is 3.16. The smallest absolute Gasteiger partial charge is 0.221 e. The molecule has 8 nitrogen and oxygen atoms in total. The first-order valence-electron chi connectivity index (χ1n) is 12.1. The number of halogens is 1. The summed E-state index contributed by atoms with van der Waals surface area (Å²) in [6.07, 6.45) is 4.60. The minimum atomic E-state index is 0.120. The first-order valence-corrected chi connectivity index (χ1v) is 12.9. The van der Waals surface area contributed by atoms with Gasteiger partial charge in [-0.05, 0) is 66.9 Å². The fourth-order valence-corrected chi connectivity index (χ4v) is 5.23. The molecule has 1 aromatic carbocycles. The van der Waals surface area contributed by atoms with Crippen LogP contribution in [0.4, 0.5) is 11.4 Å². The number of amides is 1. The van der Waals surface area contributed by atoms with Gasteiger partial charge < -0.3 is 25.4 Å². The number of benzene rings is 1. The van der Waals surface area contributed by atoms with E-state index >= 15 is 0 Å². The van der Waals surface area contributed by atoms with Gasteiger partial charge in [-0.3, -0.25) is 4.79 Å². The Morgan fingerprint density at radius 1 is 1.12 bits per heavy atom. The predicted octanol–water partition coefficient (Wildman–Crippen LogP) is 4.00. The lowest BCUT2D eigenvalue weighted by atomic mass is 10.0. The van der Waals surface area contributed by atoms with Crippen molar-refractivity contribution in [3.63, 3.8) is 0 Å². The minimum Gasteiger partial charge on any atom is -0.379 e. The molecule has 180 valence electrons. The van der Waals surface area contributed by atoms with Gasteiger partial charge in [-0.2, -0.15) is 0 Å². The number of fused-ring (bicyclic) bond motifs is 1. The summed E-state index contributed by atoms with van der Waals surface area (Å²) in [5, 5.41) is 6.67. The topological polar surface area (TPSA) is 89.2 Å². The molecule has 9 heteroatoms. The van der Waals surface area contributed by atoms with Gasteiger partial charge in [0.1, 0.15) is 11.3 Å². The number of H-pyrrole nitrogens is 1. The first-order chi connectivity index (χ1) is 16.5. The van der Waals surface area contributed by atoms with Crippen molar-refractivity contribution < 1.29 is 4.79 Å². The molecule has 0 bridgehead atoms. The Balaban J connectivity index is 1.35. The van der Waals surface area contributed by atoms with Crippen molar-refractivity contribution in [2.45, 2.75) is 45.2 Å². The van der Waals surface area contributed by atoms with Gasteiger partial charge in [0.05, 0.1) is 10.2 Å². The maximum atomic E-state index is 11.6. The Hall–Kier alpha value is -2.65. The van der Waals surface area contributed by atoms with Gasteiger partial charge in [0, 0.05) is 68.7 Å². The molecule has 0 unspecified atom stereocenters. The quantitative estimate of drug-likeness (QED) is 0.466. The van der Waals surface area contributed by atoms with Crippen LogP contribution in [0.25, 0.3) is 22.6 Å². The van der Waals surface area contributed by atoms with E-state index in [0.717, 1.165) is 77.4 Å². The van der Waals surface area contributed by atoms with Crippen LogP contribution in [0.1, 0.15) is 33.1 Å². The van der Waals surface area contributed by atoms with Crippen molar-refractivity contribution >= 4 is 44.4 Å². The van der Waals surface area contributed by atoms with E-state index in [2.05, 4.69) is 84.4 Å². The highest BCUT2D eigenvalue weighted by molar-refractivity contribution is 9.10. The van der Waals surface area contributed by atoms with Gasteiger partial charge in [-0.25, -0.2) is 9.97 Å². The van der Waals surface area contributed by atoms with E-state index < -0.39 is 0 Å².